The van der Waals surface area contributed by atoms with Crippen molar-refractivity contribution in [1.82, 2.24) is 15.5 Å². The second kappa shape index (κ2) is 10.9. The number of methoxy groups -OCH3 is 1. The highest BCUT2D eigenvalue weighted by atomic mass is 16.5. The molecule has 1 fully saturated rings. The van der Waals surface area contributed by atoms with E-state index in [9.17, 15) is 9.59 Å². The fourth-order valence-electron chi connectivity index (χ4n) is 3.22. The molecule has 1 saturated heterocycles. The molecule has 0 bridgehead atoms. The Kier molecular flexibility index (Phi) is 8.58. The lowest BCUT2D eigenvalue weighted by Crippen LogP contribution is -2.49. The van der Waals surface area contributed by atoms with Crippen molar-refractivity contribution >= 4 is 11.8 Å². The summed E-state index contributed by atoms with van der Waals surface area (Å²) in [4.78, 5) is 26.7. The van der Waals surface area contributed by atoms with Crippen molar-refractivity contribution in [1.29, 1.82) is 0 Å². The van der Waals surface area contributed by atoms with Crippen LogP contribution >= 0.6 is 0 Å². The maximum absolute atomic E-state index is 12.4. The number of piperidine rings is 1. The van der Waals surface area contributed by atoms with E-state index in [1.165, 1.54) is 0 Å². The Morgan fingerprint density at radius 1 is 1.19 bits per heavy atom. The number of rotatable bonds is 9. The first-order valence-electron chi connectivity index (χ1n) is 9.44. The summed E-state index contributed by atoms with van der Waals surface area (Å²) in [5.74, 6) is 0.214. The molecule has 1 aliphatic heterocycles. The normalized spacial score (nSPS) is 16.8. The van der Waals surface area contributed by atoms with E-state index in [-0.39, 0.29) is 23.8 Å². The molecule has 1 heterocycles. The van der Waals surface area contributed by atoms with Gasteiger partial charge in [0.05, 0.1) is 6.04 Å². The number of carbonyl (C=O) groups excluding carboxylic acids is 2. The molecule has 0 aromatic heterocycles. The quantitative estimate of drug-likeness (QED) is 0.655. The number of hydrogen-bond acceptors (Lipinski definition) is 4. The van der Waals surface area contributed by atoms with Crippen LogP contribution in [0.25, 0.3) is 0 Å². The first-order chi connectivity index (χ1) is 12.6. The van der Waals surface area contributed by atoms with Gasteiger partial charge in [-0.25, -0.2) is 0 Å². The minimum atomic E-state index is -0.176. The van der Waals surface area contributed by atoms with Crippen molar-refractivity contribution in [3.05, 3.63) is 35.9 Å². The predicted molar refractivity (Wildman–Crippen MR) is 102 cm³/mol. The van der Waals surface area contributed by atoms with Crippen molar-refractivity contribution in [2.24, 2.45) is 5.92 Å². The number of hydrogen-bond donors (Lipinski definition) is 2. The standard InChI is InChI=1S/C20H31N3O3/c1-16(19(24)22-15-17-7-4-3-5-8-17)23-12-9-18(10-13-23)20(25)21-11-6-14-26-2/h3-5,7-8,16,18H,6,9-15H2,1-2H3,(H,21,25)(H,22,24). The first-order valence-corrected chi connectivity index (χ1v) is 9.44. The monoisotopic (exact) mass is 361 g/mol. The molecular formula is C20H31N3O3. The average Bonchev–Trinajstić information content (AvgIpc) is 2.69. The Morgan fingerprint density at radius 2 is 1.88 bits per heavy atom. The topological polar surface area (TPSA) is 70.7 Å². The van der Waals surface area contributed by atoms with Gasteiger partial charge in [-0.3, -0.25) is 14.5 Å². The summed E-state index contributed by atoms with van der Waals surface area (Å²) < 4.78 is 4.98. The molecule has 26 heavy (non-hydrogen) atoms. The van der Waals surface area contributed by atoms with Gasteiger partial charge in [0.15, 0.2) is 0 Å². The zero-order valence-electron chi connectivity index (χ0n) is 15.9. The molecule has 6 nitrogen and oxygen atoms in total. The summed E-state index contributed by atoms with van der Waals surface area (Å²) >= 11 is 0. The van der Waals surface area contributed by atoms with Gasteiger partial charge in [0.2, 0.25) is 11.8 Å². The number of amides is 2. The predicted octanol–water partition coefficient (Wildman–Crippen LogP) is 1.56. The summed E-state index contributed by atoms with van der Waals surface area (Å²) in [7, 11) is 1.66. The Labute approximate surface area is 156 Å². The number of benzene rings is 1. The summed E-state index contributed by atoms with van der Waals surface area (Å²) in [6, 6.07) is 9.73. The van der Waals surface area contributed by atoms with E-state index >= 15 is 0 Å². The minimum Gasteiger partial charge on any atom is -0.385 e. The highest BCUT2D eigenvalue weighted by Gasteiger charge is 2.29. The molecule has 144 valence electrons. The molecule has 1 aliphatic rings. The molecule has 0 saturated carbocycles. The van der Waals surface area contributed by atoms with E-state index in [0.717, 1.165) is 37.9 Å². The van der Waals surface area contributed by atoms with Crippen LogP contribution in [0.1, 0.15) is 31.7 Å². The largest absolute Gasteiger partial charge is 0.385 e. The van der Waals surface area contributed by atoms with Crippen LogP contribution in [0.4, 0.5) is 0 Å². The summed E-state index contributed by atoms with van der Waals surface area (Å²) in [5, 5.41) is 5.97. The molecule has 6 heteroatoms. The van der Waals surface area contributed by atoms with Crippen LogP contribution in [0, 0.1) is 5.92 Å². The Bertz CT molecular complexity index is 557. The molecule has 2 amide bonds. The zero-order chi connectivity index (χ0) is 18.8. The van der Waals surface area contributed by atoms with Gasteiger partial charge in [-0.15, -0.1) is 0 Å². The van der Waals surface area contributed by atoms with Crippen molar-refractivity contribution in [3.8, 4) is 0 Å². The van der Waals surface area contributed by atoms with E-state index in [2.05, 4.69) is 15.5 Å². The van der Waals surface area contributed by atoms with Gasteiger partial charge < -0.3 is 15.4 Å². The molecule has 2 rings (SSSR count). The first kappa shape index (κ1) is 20.4. The Balaban J connectivity index is 1.69. The second-order valence-electron chi connectivity index (χ2n) is 6.83. The van der Waals surface area contributed by atoms with Crippen LogP contribution in [0.3, 0.4) is 0 Å². The van der Waals surface area contributed by atoms with Gasteiger partial charge in [0.25, 0.3) is 0 Å². The molecule has 0 radical (unpaired) electrons. The SMILES string of the molecule is COCCCNC(=O)C1CCN(C(C)C(=O)NCc2ccccc2)CC1. The highest BCUT2D eigenvalue weighted by molar-refractivity contribution is 5.81. The highest BCUT2D eigenvalue weighted by Crippen LogP contribution is 2.19. The van der Waals surface area contributed by atoms with Crippen LogP contribution in [0.15, 0.2) is 30.3 Å². The van der Waals surface area contributed by atoms with Gasteiger partial charge in [-0.1, -0.05) is 30.3 Å². The van der Waals surface area contributed by atoms with Gasteiger partial charge in [-0.05, 0) is 44.8 Å². The number of likely N-dealkylation sites (tertiary alicyclic amines) is 1. The smallest absolute Gasteiger partial charge is 0.237 e. The van der Waals surface area contributed by atoms with Gasteiger partial charge in [0.1, 0.15) is 0 Å². The lowest BCUT2D eigenvalue weighted by atomic mass is 9.95. The zero-order valence-corrected chi connectivity index (χ0v) is 15.9. The third kappa shape index (κ3) is 6.42. The maximum Gasteiger partial charge on any atom is 0.237 e. The van der Waals surface area contributed by atoms with E-state index in [1.54, 1.807) is 7.11 Å². The second-order valence-corrected chi connectivity index (χ2v) is 6.83. The van der Waals surface area contributed by atoms with Crippen LogP contribution in [-0.2, 0) is 20.9 Å². The van der Waals surface area contributed by atoms with Gasteiger partial charge in [-0.2, -0.15) is 0 Å². The third-order valence-corrected chi connectivity index (χ3v) is 4.96. The summed E-state index contributed by atoms with van der Waals surface area (Å²) in [6.45, 7) is 5.35. The lowest BCUT2D eigenvalue weighted by molar-refractivity contribution is -0.128. The van der Waals surface area contributed by atoms with E-state index < -0.39 is 0 Å². The third-order valence-electron chi connectivity index (χ3n) is 4.96. The number of nitrogens with zero attached hydrogens (tertiary/aromatic N) is 1. The van der Waals surface area contributed by atoms with Crippen molar-refractivity contribution in [2.45, 2.75) is 38.8 Å². The number of nitrogens with one attached hydrogen (secondary N) is 2. The number of ether oxygens (including phenoxy) is 1. The molecule has 0 aliphatic carbocycles. The molecule has 2 N–H and O–H groups in total. The molecule has 1 aromatic carbocycles. The fraction of sp³-hybridized carbons (Fsp3) is 0.600. The fourth-order valence-corrected chi connectivity index (χ4v) is 3.22. The summed E-state index contributed by atoms with van der Waals surface area (Å²) in [5.41, 5.74) is 1.09. The maximum atomic E-state index is 12.4. The van der Waals surface area contributed by atoms with Crippen LogP contribution < -0.4 is 10.6 Å². The molecule has 0 spiro atoms. The number of carbonyl (C=O) groups is 2. The van der Waals surface area contributed by atoms with Gasteiger partial charge in [0, 0.05) is 32.7 Å². The Hall–Kier alpha value is -1.92. The van der Waals surface area contributed by atoms with E-state index in [0.29, 0.717) is 19.7 Å². The van der Waals surface area contributed by atoms with Crippen molar-refractivity contribution in [3.63, 3.8) is 0 Å². The van der Waals surface area contributed by atoms with Crippen LogP contribution in [0.5, 0.6) is 0 Å². The van der Waals surface area contributed by atoms with E-state index in [4.69, 9.17) is 4.74 Å². The van der Waals surface area contributed by atoms with Crippen molar-refractivity contribution in [2.75, 3.05) is 33.4 Å². The van der Waals surface area contributed by atoms with Crippen LogP contribution in [0.2, 0.25) is 0 Å². The van der Waals surface area contributed by atoms with E-state index in [1.807, 2.05) is 37.3 Å². The Morgan fingerprint density at radius 3 is 2.54 bits per heavy atom. The van der Waals surface area contributed by atoms with Crippen LogP contribution in [-0.4, -0.2) is 56.1 Å². The molecule has 1 unspecified atom stereocenters. The average molecular weight is 361 g/mol. The molecule has 1 aromatic rings. The van der Waals surface area contributed by atoms with Gasteiger partial charge >= 0.3 is 0 Å². The molecular weight excluding hydrogens is 330 g/mol. The summed E-state index contributed by atoms with van der Waals surface area (Å²) in [6.07, 6.45) is 2.43. The lowest BCUT2D eigenvalue weighted by Gasteiger charge is -2.34. The minimum absolute atomic E-state index is 0.0383. The molecule has 1 atom stereocenters. The van der Waals surface area contributed by atoms with Crippen molar-refractivity contribution < 1.29 is 14.3 Å².